The van der Waals surface area contributed by atoms with Crippen molar-refractivity contribution in [3.8, 4) is 5.88 Å². The van der Waals surface area contributed by atoms with E-state index in [0.717, 1.165) is 62.5 Å². The Balaban J connectivity index is 1.45. The van der Waals surface area contributed by atoms with E-state index < -0.39 is 0 Å². The number of methoxy groups -OCH3 is 1. The van der Waals surface area contributed by atoms with E-state index in [0.29, 0.717) is 5.88 Å². The molecule has 1 amide bonds. The summed E-state index contributed by atoms with van der Waals surface area (Å²) in [4.78, 5) is 28.0. The van der Waals surface area contributed by atoms with E-state index in [-0.39, 0.29) is 11.3 Å². The second-order valence-corrected chi connectivity index (χ2v) is 8.36. The molecule has 0 radical (unpaired) electrons. The van der Waals surface area contributed by atoms with Crippen molar-refractivity contribution in [3.05, 3.63) is 42.2 Å². The fraction of sp³-hybridized carbons (Fsp3) is 0.500. The maximum absolute atomic E-state index is 13.1. The minimum Gasteiger partial charge on any atom is -0.481 e. The SMILES string of the molecule is COc1cc(N2CCCC3(CCN(C(=O)c4ccc(N(C)C)cc4)C3)C2)ncn1. The largest absolute Gasteiger partial charge is 0.481 e. The molecule has 0 saturated carbocycles. The lowest BCUT2D eigenvalue weighted by molar-refractivity contribution is 0.0767. The van der Waals surface area contributed by atoms with E-state index in [1.54, 1.807) is 13.4 Å². The van der Waals surface area contributed by atoms with Gasteiger partial charge in [0.15, 0.2) is 0 Å². The predicted molar refractivity (Wildman–Crippen MR) is 114 cm³/mol. The highest BCUT2D eigenvalue weighted by Crippen LogP contribution is 2.40. The fourth-order valence-electron chi connectivity index (χ4n) is 4.54. The first kappa shape index (κ1) is 19.5. The van der Waals surface area contributed by atoms with Crippen LogP contribution in [0.1, 0.15) is 29.6 Å². The molecule has 2 aliphatic rings. The lowest BCUT2D eigenvalue weighted by Gasteiger charge is -2.41. The number of nitrogens with zero attached hydrogens (tertiary/aromatic N) is 5. The minimum absolute atomic E-state index is 0.132. The third-order valence-corrected chi connectivity index (χ3v) is 6.18. The molecular weight excluding hydrogens is 366 g/mol. The molecule has 0 aliphatic carbocycles. The van der Waals surface area contributed by atoms with Crippen molar-refractivity contribution in [2.45, 2.75) is 19.3 Å². The first-order valence-corrected chi connectivity index (χ1v) is 10.2. The molecule has 1 aromatic heterocycles. The molecule has 1 spiro atoms. The third kappa shape index (κ3) is 3.99. The Morgan fingerprint density at radius 1 is 1.10 bits per heavy atom. The maximum Gasteiger partial charge on any atom is 0.253 e. The summed E-state index contributed by atoms with van der Waals surface area (Å²) in [5.41, 5.74) is 2.00. The number of rotatable bonds is 4. The minimum atomic E-state index is 0.132. The number of carbonyl (C=O) groups is 1. The Hall–Kier alpha value is -2.83. The second-order valence-electron chi connectivity index (χ2n) is 8.36. The lowest BCUT2D eigenvalue weighted by Crippen LogP contribution is -2.45. The van der Waals surface area contributed by atoms with Crippen LogP contribution in [0.25, 0.3) is 0 Å². The van der Waals surface area contributed by atoms with Gasteiger partial charge in [-0.3, -0.25) is 4.79 Å². The first-order chi connectivity index (χ1) is 14.0. The average Bonchev–Trinajstić information content (AvgIpc) is 3.16. The summed E-state index contributed by atoms with van der Waals surface area (Å²) in [5, 5.41) is 0. The Morgan fingerprint density at radius 2 is 1.90 bits per heavy atom. The van der Waals surface area contributed by atoms with Crippen molar-refractivity contribution in [2.75, 3.05) is 57.2 Å². The van der Waals surface area contributed by atoms with Crippen LogP contribution in [0.2, 0.25) is 0 Å². The highest BCUT2D eigenvalue weighted by molar-refractivity contribution is 5.94. The van der Waals surface area contributed by atoms with Crippen molar-refractivity contribution in [1.82, 2.24) is 14.9 Å². The van der Waals surface area contributed by atoms with Crippen molar-refractivity contribution in [1.29, 1.82) is 0 Å². The van der Waals surface area contributed by atoms with E-state index in [4.69, 9.17) is 4.74 Å². The summed E-state index contributed by atoms with van der Waals surface area (Å²) in [6, 6.07) is 9.77. The van der Waals surface area contributed by atoms with E-state index >= 15 is 0 Å². The van der Waals surface area contributed by atoms with Crippen molar-refractivity contribution in [3.63, 3.8) is 0 Å². The highest BCUT2D eigenvalue weighted by atomic mass is 16.5. The number of likely N-dealkylation sites (tertiary alicyclic amines) is 1. The summed E-state index contributed by atoms with van der Waals surface area (Å²) < 4.78 is 5.25. The fourth-order valence-corrected chi connectivity index (χ4v) is 4.54. The molecule has 7 heteroatoms. The topological polar surface area (TPSA) is 61.8 Å². The zero-order valence-corrected chi connectivity index (χ0v) is 17.5. The monoisotopic (exact) mass is 395 g/mol. The molecule has 1 unspecified atom stereocenters. The van der Waals surface area contributed by atoms with Crippen LogP contribution >= 0.6 is 0 Å². The van der Waals surface area contributed by atoms with Gasteiger partial charge >= 0.3 is 0 Å². The zero-order chi connectivity index (χ0) is 20.4. The Kier molecular flexibility index (Phi) is 5.30. The first-order valence-electron chi connectivity index (χ1n) is 10.2. The quantitative estimate of drug-likeness (QED) is 0.793. The van der Waals surface area contributed by atoms with Gasteiger partial charge in [0, 0.05) is 63.0 Å². The molecule has 0 bridgehead atoms. The summed E-state index contributed by atoms with van der Waals surface area (Å²) in [6.07, 6.45) is 4.84. The molecule has 1 atom stereocenters. The van der Waals surface area contributed by atoms with Crippen LogP contribution in [-0.2, 0) is 0 Å². The van der Waals surface area contributed by atoms with Crippen LogP contribution < -0.4 is 14.5 Å². The maximum atomic E-state index is 13.1. The van der Waals surface area contributed by atoms with Crippen LogP contribution in [0, 0.1) is 5.41 Å². The van der Waals surface area contributed by atoms with Crippen molar-refractivity contribution in [2.24, 2.45) is 5.41 Å². The summed E-state index contributed by atoms with van der Waals surface area (Å²) in [7, 11) is 5.63. The number of hydrogen-bond acceptors (Lipinski definition) is 6. The van der Waals surface area contributed by atoms with Gasteiger partial charge in [0.25, 0.3) is 5.91 Å². The van der Waals surface area contributed by atoms with Gasteiger partial charge in [0.05, 0.1) is 7.11 Å². The van der Waals surface area contributed by atoms with Crippen LogP contribution in [0.15, 0.2) is 36.7 Å². The van der Waals surface area contributed by atoms with Gasteiger partial charge in [-0.1, -0.05) is 0 Å². The molecule has 2 aliphatic heterocycles. The lowest BCUT2D eigenvalue weighted by atomic mass is 9.79. The molecule has 1 aromatic carbocycles. The van der Waals surface area contributed by atoms with Gasteiger partial charge in [0.2, 0.25) is 5.88 Å². The van der Waals surface area contributed by atoms with Crippen molar-refractivity contribution < 1.29 is 9.53 Å². The summed E-state index contributed by atoms with van der Waals surface area (Å²) >= 11 is 0. The van der Waals surface area contributed by atoms with Crippen LogP contribution in [0.4, 0.5) is 11.5 Å². The van der Waals surface area contributed by atoms with Crippen molar-refractivity contribution >= 4 is 17.4 Å². The van der Waals surface area contributed by atoms with E-state index in [1.807, 2.05) is 54.2 Å². The Labute approximate surface area is 172 Å². The van der Waals surface area contributed by atoms with E-state index in [1.165, 1.54) is 0 Å². The molecule has 2 fully saturated rings. The number of piperidine rings is 1. The number of hydrogen-bond donors (Lipinski definition) is 0. The second kappa shape index (κ2) is 7.89. The van der Waals surface area contributed by atoms with Gasteiger partial charge in [0.1, 0.15) is 12.1 Å². The van der Waals surface area contributed by atoms with Crippen LogP contribution in [-0.4, -0.2) is 68.2 Å². The number of ether oxygens (including phenoxy) is 1. The number of carbonyl (C=O) groups excluding carboxylic acids is 1. The molecule has 4 rings (SSSR count). The number of anilines is 2. The van der Waals surface area contributed by atoms with E-state index in [9.17, 15) is 4.79 Å². The predicted octanol–water partition coefficient (Wildman–Crippen LogP) is 2.68. The normalized spacial score (nSPS) is 21.5. The van der Waals surface area contributed by atoms with E-state index in [2.05, 4.69) is 14.9 Å². The number of aromatic nitrogens is 2. The van der Waals surface area contributed by atoms with Gasteiger partial charge < -0.3 is 19.4 Å². The zero-order valence-electron chi connectivity index (χ0n) is 17.5. The molecule has 154 valence electrons. The standard InChI is InChI=1S/C22H29N5O2/c1-25(2)18-7-5-17(6-8-18)21(28)27-12-10-22(15-27)9-4-11-26(14-22)19-13-20(29-3)24-16-23-19/h5-8,13,16H,4,9-12,14-15H2,1-3H3. The molecule has 29 heavy (non-hydrogen) atoms. The molecule has 2 saturated heterocycles. The summed E-state index contributed by atoms with van der Waals surface area (Å²) in [6.45, 7) is 3.51. The van der Waals surface area contributed by atoms with Gasteiger partial charge in [-0.25, -0.2) is 9.97 Å². The highest BCUT2D eigenvalue weighted by Gasteiger charge is 2.43. The number of amides is 1. The Morgan fingerprint density at radius 3 is 2.62 bits per heavy atom. The molecule has 7 nitrogen and oxygen atoms in total. The summed E-state index contributed by atoms with van der Waals surface area (Å²) in [5.74, 6) is 1.62. The van der Waals surface area contributed by atoms with Crippen LogP contribution in [0.3, 0.4) is 0 Å². The average molecular weight is 396 g/mol. The number of benzene rings is 1. The van der Waals surface area contributed by atoms with Gasteiger partial charge in [-0.15, -0.1) is 0 Å². The molecular formula is C22H29N5O2. The van der Waals surface area contributed by atoms with Crippen LogP contribution in [0.5, 0.6) is 5.88 Å². The molecule has 3 heterocycles. The smallest absolute Gasteiger partial charge is 0.253 e. The van der Waals surface area contributed by atoms with Gasteiger partial charge in [-0.2, -0.15) is 0 Å². The Bertz CT molecular complexity index is 870. The molecule has 2 aromatic rings. The third-order valence-electron chi connectivity index (χ3n) is 6.18. The van der Waals surface area contributed by atoms with Gasteiger partial charge in [-0.05, 0) is 43.5 Å². The molecule has 0 N–H and O–H groups in total.